The summed E-state index contributed by atoms with van der Waals surface area (Å²) in [7, 11) is 2.98. The molecule has 1 fully saturated rings. The molecule has 45 heavy (non-hydrogen) atoms. The quantitative estimate of drug-likeness (QED) is 0.230. The highest BCUT2D eigenvalue weighted by atomic mass is 16.5. The van der Waals surface area contributed by atoms with Crippen LogP contribution in [0.2, 0.25) is 0 Å². The van der Waals surface area contributed by atoms with Crippen molar-refractivity contribution in [2.24, 2.45) is 11.8 Å². The van der Waals surface area contributed by atoms with E-state index in [1.165, 1.54) is 12.0 Å². The van der Waals surface area contributed by atoms with Gasteiger partial charge in [0.05, 0.1) is 13.0 Å². The molecule has 0 bridgehead atoms. The molecule has 0 saturated carbocycles. The second kappa shape index (κ2) is 13.8. The van der Waals surface area contributed by atoms with Crippen LogP contribution >= 0.6 is 0 Å². The summed E-state index contributed by atoms with van der Waals surface area (Å²) in [6, 6.07) is 30.0. The smallest absolute Gasteiger partial charge is 0.328 e. The first-order chi connectivity index (χ1) is 21.8. The van der Waals surface area contributed by atoms with Crippen molar-refractivity contribution < 1.29 is 19.1 Å². The van der Waals surface area contributed by atoms with Crippen molar-refractivity contribution in [3.8, 4) is 0 Å². The van der Waals surface area contributed by atoms with Gasteiger partial charge >= 0.3 is 5.97 Å². The lowest BCUT2D eigenvalue weighted by Crippen LogP contribution is -2.49. The van der Waals surface area contributed by atoms with Gasteiger partial charge < -0.3 is 19.4 Å². The molecule has 5 rings (SSSR count). The Morgan fingerprint density at radius 3 is 1.84 bits per heavy atom. The average Bonchev–Trinajstić information content (AvgIpc) is 3.44. The number of ether oxygens (including phenoxy) is 1. The van der Waals surface area contributed by atoms with E-state index >= 15 is 0 Å². The van der Waals surface area contributed by atoms with Crippen LogP contribution in [0.25, 0.3) is 0 Å². The number of hydrogen-bond donors (Lipinski definition) is 0. The number of allylic oxidation sites excluding steroid dienone is 4. The molecular formula is C38H41N3O4. The standard InChI is InChI=1S/C38H41N3O4/c1-28(2)34(37(44)45-4)39(3)35(42)29-24-26-40(27-29)36(43)33-23-15-8-16-25-41(33)38(30-17-9-5-10-18-30,31-19-11-6-12-20-31)32-21-13-7-14-22-32/h5-23,25,28-29,34H,24,26-27H2,1-4H3/t29-,34-/m0/s1. The molecule has 0 aromatic heterocycles. The molecule has 2 atom stereocenters. The van der Waals surface area contributed by atoms with Gasteiger partial charge in [0.15, 0.2) is 0 Å². The monoisotopic (exact) mass is 603 g/mol. The number of carbonyl (C=O) groups excluding carboxylic acids is 3. The predicted molar refractivity (Wildman–Crippen MR) is 176 cm³/mol. The number of benzene rings is 3. The zero-order valence-electron chi connectivity index (χ0n) is 26.4. The summed E-state index contributed by atoms with van der Waals surface area (Å²) < 4.78 is 4.99. The summed E-state index contributed by atoms with van der Waals surface area (Å²) in [5.74, 6) is -1.30. The van der Waals surface area contributed by atoms with E-state index in [9.17, 15) is 14.4 Å². The molecule has 3 aromatic carbocycles. The van der Waals surface area contributed by atoms with E-state index < -0.39 is 23.5 Å². The topological polar surface area (TPSA) is 70.2 Å². The lowest BCUT2D eigenvalue weighted by atomic mass is 9.75. The first-order valence-electron chi connectivity index (χ1n) is 15.5. The summed E-state index contributed by atoms with van der Waals surface area (Å²) >= 11 is 0. The second-order valence-electron chi connectivity index (χ2n) is 11.9. The molecule has 2 aliphatic heterocycles. The highest BCUT2D eigenvalue weighted by Gasteiger charge is 2.46. The zero-order valence-corrected chi connectivity index (χ0v) is 26.4. The first kappa shape index (κ1) is 31.5. The molecule has 0 radical (unpaired) electrons. The second-order valence-corrected chi connectivity index (χ2v) is 11.9. The van der Waals surface area contributed by atoms with E-state index in [-0.39, 0.29) is 24.3 Å². The minimum absolute atomic E-state index is 0.115. The van der Waals surface area contributed by atoms with Gasteiger partial charge in [0.1, 0.15) is 17.3 Å². The number of methoxy groups -OCH3 is 1. The number of carbonyl (C=O) groups is 3. The average molecular weight is 604 g/mol. The van der Waals surface area contributed by atoms with E-state index in [0.29, 0.717) is 18.7 Å². The molecule has 2 aliphatic rings. The Bertz CT molecular complexity index is 1480. The number of likely N-dealkylation sites (N-methyl/N-ethyl adjacent to an activating group) is 1. The van der Waals surface area contributed by atoms with Gasteiger partial charge in [-0.1, -0.05) is 117 Å². The molecule has 0 aliphatic carbocycles. The van der Waals surface area contributed by atoms with Gasteiger partial charge in [-0.25, -0.2) is 4.79 Å². The highest BCUT2D eigenvalue weighted by molar-refractivity contribution is 5.95. The summed E-state index contributed by atoms with van der Waals surface area (Å²) in [4.78, 5) is 46.0. The van der Waals surface area contributed by atoms with E-state index in [1.807, 2.05) is 98.9 Å². The fourth-order valence-electron chi connectivity index (χ4n) is 6.66. The molecule has 0 N–H and O–H groups in total. The fraction of sp³-hybridized carbons (Fsp3) is 0.289. The normalized spacial score (nSPS) is 17.1. The van der Waals surface area contributed by atoms with Crippen LogP contribution in [-0.2, 0) is 24.7 Å². The molecule has 0 spiro atoms. The van der Waals surface area contributed by atoms with E-state index in [2.05, 4.69) is 41.3 Å². The van der Waals surface area contributed by atoms with Crippen molar-refractivity contribution >= 4 is 17.8 Å². The number of nitrogens with zero attached hydrogens (tertiary/aromatic N) is 3. The largest absolute Gasteiger partial charge is 0.467 e. The van der Waals surface area contributed by atoms with E-state index in [0.717, 1.165) is 16.7 Å². The van der Waals surface area contributed by atoms with Gasteiger partial charge in [-0.05, 0) is 41.2 Å². The van der Waals surface area contributed by atoms with Crippen LogP contribution in [0.5, 0.6) is 0 Å². The minimum Gasteiger partial charge on any atom is -0.467 e. The molecular weight excluding hydrogens is 562 g/mol. The van der Waals surface area contributed by atoms with Crippen molar-refractivity contribution in [2.45, 2.75) is 31.8 Å². The molecule has 7 nitrogen and oxygen atoms in total. The van der Waals surface area contributed by atoms with Gasteiger partial charge in [0, 0.05) is 26.3 Å². The highest BCUT2D eigenvalue weighted by Crippen LogP contribution is 2.45. The number of likely N-dealkylation sites (tertiary alicyclic amines) is 1. The molecule has 232 valence electrons. The predicted octanol–water partition coefficient (Wildman–Crippen LogP) is 5.75. The Hall–Kier alpha value is -4.91. The zero-order chi connectivity index (χ0) is 32.0. The molecule has 2 heterocycles. The van der Waals surface area contributed by atoms with Crippen LogP contribution in [-0.4, -0.2) is 65.8 Å². The van der Waals surface area contributed by atoms with Gasteiger partial charge in [0.25, 0.3) is 5.91 Å². The SMILES string of the molecule is COC(=O)[C@H](C(C)C)N(C)C(=O)[C@H]1CCN(C(=O)C2=CC=CC=CN2C(c2ccccc2)(c2ccccc2)c2ccccc2)C1. The summed E-state index contributed by atoms with van der Waals surface area (Å²) in [5, 5.41) is 0. The van der Waals surface area contributed by atoms with Crippen LogP contribution in [0.15, 0.2) is 127 Å². The van der Waals surface area contributed by atoms with Crippen molar-refractivity contribution in [2.75, 3.05) is 27.2 Å². The molecule has 1 saturated heterocycles. The fourth-order valence-corrected chi connectivity index (χ4v) is 6.66. The molecule has 3 aromatic rings. The summed E-state index contributed by atoms with van der Waals surface area (Å²) in [5.41, 5.74) is 2.63. The Morgan fingerprint density at radius 2 is 1.36 bits per heavy atom. The Morgan fingerprint density at radius 1 is 0.822 bits per heavy atom. The minimum atomic E-state index is -0.881. The molecule has 0 unspecified atom stereocenters. The Balaban J connectivity index is 1.54. The Labute approximate surface area is 266 Å². The third-order valence-corrected chi connectivity index (χ3v) is 8.79. The maximum Gasteiger partial charge on any atom is 0.328 e. The number of esters is 1. The number of rotatable bonds is 9. The van der Waals surface area contributed by atoms with Crippen LogP contribution in [0.1, 0.15) is 37.0 Å². The third kappa shape index (κ3) is 6.07. The lowest BCUT2D eigenvalue weighted by Gasteiger charge is -2.46. The van der Waals surface area contributed by atoms with Gasteiger partial charge in [-0.3, -0.25) is 9.59 Å². The number of hydrogen-bond acceptors (Lipinski definition) is 5. The van der Waals surface area contributed by atoms with Crippen molar-refractivity contribution in [1.29, 1.82) is 0 Å². The van der Waals surface area contributed by atoms with Crippen molar-refractivity contribution in [3.05, 3.63) is 144 Å². The van der Waals surface area contributed by atoms with Crippen LogP contribution in [0, 0.1) is 11.8 Å². The van der Waals surface area contributed by atoms with Crippen LogP contribution in [0.3, 0.4) is 0 Å². The van der Waals surface area contributed by atoms with Gasteiger partial charge in [-0.2, -0.15) is 0 Å². The van der Waals surface area contributed by atoms with E-state index in [1.54, 1.807) is 11.9 Å². The van der Waals surface area contributed by atoms with Crippen LogP contribution < -0.4 is 0 Å². The summed E-state index contributed by atoms with van der Waals surface area (Å²) in [6.07, 6.45) is 10.1. The third-order valence-electron chi connectivity index (χ3n) is 8.79. The molecule has 7 heteroatoms. The molecule has 2 amide bonds. The lowest BCUT2D eigenvalue weighted by molar-refractivity contribution is -0.155. The number of amides is 2. The van der Waals surface area contributed by atoms with Gasteiger partial charge in [0.2, 0.25) is 5.91 Å². The first-order valence-corrected chi connectivity index (χ1v) is 15.5. The van der Waals surface area contributed by atoms with E-state index in [4.69, 9.17) is 4.74 Å². The maximum atomic E-state index is 14.6. The summed E-state index contributed by atoms with van der Waals surface area (Å²) in [6.45, 7) is 4.48. The van der Waals surface area contributed by atoms with Crippen LogP contribution in [0.4, 0.5) is 0 Å². The maximum absolute atomic E-state index is 14.6. The van der Waals surface area contributed by atoms with Crippen molar-refractivity contribution in [1.82, 2.24) is 14.7 Å². The Kier molecular flexibility index (Phi) is 9.67. The van der Waals surface area contributed by atoms with Crippen molar-refractivity contribution in [3.63, 3.8) is 0 Å². The van der Waals surface area contributed by atoms with Gasteiger partial charge in [-0.15, -0.1) is 0 Å².